The topological polar surface area (TPSA) is 56.1 Å². The second-order valence-electron chi connectivity index (χ2n) is 5.90. The number of benzene rings is 2. The molecule has 1 N–H and O–H groups in total. The molecule has 0 aliphatic rings. The van der Waals surface area contributed by atoms with Gasteiger partial charge in [0.25, 0.3) is 5.91 Å². The molecule has 0 saturated heterocycles. The monoisotopic (exact) mass is 323 g/mol. The molecule has 3 aromatic rings. The van der Waals surface area contributed by atoms with Crippen molar-refractivity contribution in [1.82, 2.24) is 15.1 Å². The lowest BCUT2D eigenvalue weighted by atomic mass is 10.1. The van der Waals surface area contributed by atoms with E-state index in [-0.39, 0.29) is 18.6 Å². The Bertz CT molecular complexity index is 870. The summed E-state index contributed by atoms with van der Waals surface area (Å²) in [4.78, 5) is 12.1. The molecule has 0 spiro atoms. The first-order valence-electron chi connectivity index (χ1n) is 7.94. The molecule has 0 aliphatic carbocycles. The van der Waals surface area contributed by atoms with Crippen LogP contribution in [0.1, 0.15) is 24.2 Å². The summed E-state index contributed by atoms with van der Waals surface area (Å²) in [6.45, 7) is 3.91. The Morgan fingerprint density at radius 1 is 1.25 bits per heavy atom. The van der Waals surface area contributed by atoms with Crippen molar-refractivity contribution in [2.24, 2.45) is 7.05 Å². The van der Waals surface area contributed by atoms with Gasteiger partial charge in [0, 0.05) is 18.3 Å². The molecular weight excluding hydrogens is 302 g/mol. The molecular formula is C19H21N3O2. The number of ether oxygens (including phenoxy) is 1. The van der Waals surface area contributed by atoms with Crippen LogP contribution in [-0.2, 0) is 11.8 Å². The van der Waals surface area contributed by atoms with Gasteiger partial charge in [0.1, 0.15) is 5.75 Å². The van der Waals surface area contributed by atoms with E-state index in [4.69, 9.17) is 4.74 Å². The molecule has 0 saturated carbocycles. The lowest BCUT2D eigenvalue weighted by Crippen LogP contribution is -2.31. The lowest BCUT2D eigenvalue weighted by Gasteiger charge is -2.14. The molecule has 24 heavy (non-hydrogen) atoms. The molecule has 1 unspecified atom stereocenters. The van der Waals surface area contributed by atoms with Crippen LogP contribution in [0.3, 0.4) is 0 Å². The summed E-state index contributed by atoms with van der Waals surface area (Å²) >= 11 is 0. The van der Waals surface area contributed by atoms with Crippen molar-refractivity contribution in [1.29, 1.82) is 0 Å². The predicted molar refractivity (Wildman–Crippen MR) is 93.9 cm³/mol. The van der Waals surface area contributed by atoms with E-state index in [0.717, 1.165) is 22.0 Å². The van der Waals surface area contributed by atoms with Gasteiger partial charge in [0.05, 0.1) is 12.2 Å². The van der Waals surface area contributed by atoms with Gasteiger partial charge in [-0.3, -0.25) is 9.48 Å². The number of aryl methyl sites for hydroxylation is 1. The smallest absolute Gasteiger partial charge is 0.258 e. The van der Waals surface area contributed by atoms with Crippen LogP contribution in [0.5, 0.6) is 5.75 Å². The van der Waals surface area contributed by atoms with Crippen molar-refractivity contribution in [2.45, 2.75) is 19.9 Å². The normalized spacial score (nSPS) is 12.1. The van der Waals surface area contributed by atoms with Gasteiger partial charge in [0.15, 0.2) is 6.61 Å². The van der Waals surface area contributed by atoms with Crippen LogP contribution in [0.4, 0.5) is 0 Å². The van der Waals surface area contributed by atoms with Crippen molar-refractivity contribution in [3.8, 4) is 5.75 Å². The van der Waals surface area contributed by atoms with E-state index in [1.807, 2.05) is 63.4 Å². The van der Waals surface area contributed by atoms with E-state index in [1.54, 1.807) is 10.9 Å². The van der Waals surface area contributed by atoms with Crippen LogP contribution in [0, 0.1) is 6.92 Å². The molecule has 1 heterocycles. The van der Waals surface area contributed by atoms with E-state index >= 15 is 0 Å². The molecule has 0 bridgehead atoms. The molecule has 5 nitrogen and oxygen atoms in total. The Balaban J connectivity index is 1.59. The van der Waals surface area contributed by atoms with E-state index in [0.29, 0.717) is 5.75 Å². The Hall–Kier alpha value is -2.82. The lowest BCUT2D eigenvalue weighted by molar-refractivity contribution is -0.123. The van der Waals surface area contributed by atoms with Gasteiger partial charge in [-0.05, 0) is 36.8 Å². The highest BCUT2D eigenvalue weighted by Crippen LogP contribution is 2.20. The molecule has 124 valence electrons. The molecule has 0 fully saturated rings. The van der Waals surface area contributed by atoms with Crippen LogP contribution >= 0.6 is 0 Å². The second kappa shape index (κ2) is 6.74. The fraction of sp³-hybridized carbons (Fsp3) is 0.263. The van der Waals surface area contributed by atoms with Crippen molar-refractivity contribution in [3.05, 3.63) is 59.9 Å². The van der Waals surface area contributed by atoms with Crippen molar-refractivity contribution in [3.63, 3.8) is 0 Å². The minimum atomic E-state index is -0.154. The fourth-order valence-electron chi connectivity index (χ4n) is 2.71. The Morgan fingerprint density at radius 3 is 2.71 bits per heavy atom. The zero-order valence-corrected chi connectivity index (χ0v) is 14.1. The quantitative estimate of drug-likeness (QED) is 0.785. The highest BCUT2D eigenvalue weighted by molar-refractivity contribution is 5.84. The molecule has 1 aromatic heterocycles. The summed E-state index contributed by atoms with van der Waals surface area (Å²) in [5, 5.41) is 9.38. The first-order valence-corrected chi connectivity index (χ1v) is 7.94. The zero-order chi connectivity index (χ0) is 17.1. The van der Waals surface area contributed by atoms with Crippen LogP contribution in [-0.4, -0.2) is 22.3 Å². The summed E-state index contributed by atoms with van der Waals surface area (Å²) in [6.07, 6.45) is 1.78. The average molecular weight is 323 g/mol. The minimum absolute atomic E-state index is 0.0119. The Labute approximate surface area is 141 Å². The van der Waals surface area contributed by atoms with Gasteiger partial charge in [-0.15, -0.1) is 0 Å². The third-order valence-electron chi connectivity index (χ3n) is 4.21. The first kappa shape index (κ1) is 16.1. The van der Waals surface area contributed by atoms with Crippen molar-refractivity contribution in [2.75, 3.05) is 6.61 Å². The van der Waals surface area contributed by atoms with Crippen LogP contribution in [0.15, 0.2) is 48.7 Å². The molecule has 1 atom stereocenters. The number of amides is 1. The number of carbonyl (C=O) groups is 1. The molecule has 1 amide bonds. The van der Waals surface area contributed by atoms with Crippen molar-refractivity contribution >= 4 is 16.7 Å². The number of nitrogens with zero attached hydrogens (tertiary/aromatic N) is 2. The average Bonchev–Trinajstić information content (AvgIpc) is 2.92. The third kappa shape index (κ3) is 3.40. The largest absolute Gasteiger partial charge is 0.484 e. The number of hydrogen-bond acceptors (Lipinski definition) is 3. The van der Waals surface area contributed by atoms with Gasteiger partial charge in [-0.2, -0.15) is 5.10 Å². The number of aromatic nitrogens is 2. The predicted octanol–water partition coefficient (Wildman–Crippen LogP) is 3.14. The van der Waals surface area contributed by atoms with Crippen LogP contribution in [0.25, 0.3) is 10.8 Å². The summed E-state index contributed by atoms with van der Waals surface area (Å²) in [6, 6.07) is 13.8. The summed E-state index contributed by atoms with van der Waals surface area (Å²) in [5.74, 6) is 0.535. The summed E-state index contributed by atoms with van der Waals surface area (Å²) in [5.41, 5.74) is 2.05. The maximum atomic E-state index is 12.1. The number of hydrogen-bond donors (Lipinski definition) is 1. The maximum absolute atomic E-state index is 12.1. The summed E-state index contributed by atoms with van der Waals surface area (Å²) in [7, 11) is 1.89. The van der Waals surface area contributed by atoms with Crippen LogP contribution < -0.4 is 10.1 Å². The van der Waals surface area contributed by atoms with Gasteiger partial charge >= 0.3 is 0 Å². The van der Waals surface area contributed by atoms with Gasteiger partial charge < -0.3 is 10.1 Å². The first-order chi connectivity index (χ1) is 11.5. The highest BCUT2D eigenvalue weighted by Gasteiger charge is 2.14. The van der Waals surface area contributed by atoms with E-state index in [1.165, 1.54) is 0 Å². The Kier molecular flexibility index (Phi) is 4.51. The third-order valence-corrected chi connectivity index (χ3v) is 4.21. The van der Waals surface area contributed by atoms with Crippen molar-refractivity contribution < 1.29 is 9.53 Å². The van der Waals surface area contributed by atoms with Gasteiger partial charge in [-0.25, -0.2) is 0 Å². The SMILES string of the molecule is Cc1c(C(C)NC(=O)COc2ccc3ccccc3c2)cnn1C. The van der Waals surface area contributed by atoms with Gasteiger partial charge in [-0.1, -0.05) is 30.3 Å². The minimum Gasteiger partial charge on any atom is -0.484 e. The maximum Gasteiger partial charge on any atom is 0.258 e. The molecule has 5 heteroatoms. The fourth-order valence-corrected chi connectivity index (χ4v) is 2.71. The number of rotatable bonds is 5. The van der Waals surface area contributed by atoms with Gasteiger partial charge in [0.2, 0.25) is 0 Å². The number of nitrogens with one attached hydrogen (secondary N) is 1. The standard InChI is InChI=1S/C19H21N3O2/c1-13(18-11-20-22(3)14(18)2)21-19(23)12-24-17-9-8-15-6-4-5-7-16(15)10-17/h4-11,13H,12H2,1-3H3,(H,21,23). The highest BCUT2D eigenvalue weighted by atomic mass is 16.5. The number of carbonyl (C=O) groups excluding carboxylic acids is 1. The second-order valence-corrected chi connectivity index (χ2v) is 5.90. The summed E-state index contributed by atoms with van der Waals surface area (Å²) < 4.78 is 7.41. The molecule has 2 aromatic carbocycles. The Morgan fingerprint density at radius 2 is 2.00 bits per heavy atom. The number of fused-ring (bicyclic) bond motifs is 1. The van der Waals surface area contributed by atoms with E-state index < -0.39 is 0 Å². The zero-order valence-electron chi connectivity index (χ0n) is 14.1. The molecule has 0 radical (unpaired) electrons. The molecule has 3 rings (SSSR count). The van der Waals surface area contributed by atoms with E-state index in [2.05, 4.69) is 10.4 Å². The van der Waals surface area contributed by atoms with Crippen LogP contribution in [0.2, 0.25) is 0 Å². The van der Waals surface area contributed by atoms with E-state index in [9.17, 15) is 4.79 Å². The molecule has 0 aliphatic heterocycles.